The minimum atomic E-state index is -0.764. The van der Waals surface area contributed by atoms with Crippen LogP contribution >= 0.6 is 0 Å². The molecule has 0 radical (unpaired) electrons. The highest BCUT2D eigenvalue weighted by atomic mass is 16.4. The summed E-state index contributed by atoms with van der Waals surface area (Å²) in [5, 5.41) is 8.85. The molecule has 1 saturated heterocycles. The standard InChI is InChI=1S/C11H13NO3/c13-10-4-2-1-3-9(10)12-6-5-8(7-12)11(14)15/h1-4,8-9H,5-7H2,(H,14,15). The van der Waals surface area contributed by atoms with Gasteiger partial charge >= 0.3 is 5.97 Å². The van der Waals surface area contributed by atoms with Gasteiger partial charge in [-0.05, 0) is 12.5 Å². The van der Waals surface area contributed by atoms with Gasteiger partial charge in [-0.25, -0.2) is 0 Å². The first kappa shape index (κ1) is 10.1. The number of likely N-dealkylation sites (tertiary alicyclic amines) is 1. The second-order valence-electron chi connectivity index (χ2n) is 3.91. The number of aliphatic carboxylic acids is 1. The molecule has 2 atom stereocenters. The van der Waals surface area contributed by atoms with Crippen molar-refractivity contribution in [2.75, 3.05) is 13.1 Å². The number of nitrogens with zero attached hydrogens (tertiary/aromatic N) is 1. The van der Waals surface area contributed by atoms with Crippen molar-refractivity contribution in [3.8, 4) is 0 Å². The van der Waals surface area contributed by atoms with Crippen LogP contribution in [0.3, 0.4) is 0 Å². The average Bonchev–Trinajstić information content (AvgIpc) is 2.67. The summed E-state index contributed by atoms with van der Waals surface area (Å²) in [6.07, 6.45) is 7.55. The fourth-order valence-corrected chi connectivity index (χ4v) is 2.06. The quantitative estimate of drug-likeness (QED) is 0.714. The second kappa shape index (κ2) is 3.98. The predicted octanol–water partition coefficient (Wildman–Crippen LogP) is 0.457. The Morgan fingerprint density at radius 2 is 2.27 bits per heavy atom. The lowest BCUT2D eigenvalue weighted by molar-refractivity contribution is -0.141. The van der Waals surface area contributed by atoms with Crippen LogP contribution in [0.4, 0.5) is 0 Å². The molecule has 4 nitrogen and oxygen atoms in total. The zero-order valence-corrected chi connectivity index (χ0v) is 8.30. The van der Waals surface area contributed by atoms with E-state index in [0.29, 0.717) is 19.5 Å². The van der Waals surface area contributed by atoms with Gasteiger partial charge in [0.25, 0.3) is 0 Å². The normalized spacial score (nSPS) is 31.1. The van der Waals surface area contributed by atoms with Gasteiger partial charge in [-0.2, -0.15) is 0 Å². The summed E-state index contributed by atoms with van der Waals surface area (Å²) in [6.45, 7) is 1.16. The van der Waals surface area contributed by atoms with Crippen molar-refractivity contribution < 1.29 is 14.7 Å². The van der Waals surface area contributed by atoms with Crippen LogP contribution in [0, 0.1) is 5.92 Å². The van der Waals surface area contributed by atoms with Gasteiger partial charge < -0.3 is 5.11 Å². The van der Waals surface area contributed by atoms with Gasteiger partial charge in [0, 0.05) is 13.1 Å². The molecular weight excluding hydrogens is 194 g/mol. The lowest BCUT2D eigenvalue weighted by Gasteiger charge is -2.23. The number of hydrogen-bond acceptors (Lipinski definition) is 3. The van der Waals surface area contributed by atoms with Crippen LogP contribution < -0.4 is 0 Å². The molecule has 80 valence electrons. The molecule has 0 spiro atoms. The molecule has 2 unspecified atom stereocenters. The first-order chi connectivity index (χ1) is 7.18. The Bertz CT molecular complexity index is 346. The highest BCUT2D eigenvalue weighted by Crippen LogP contribution is 2.21. The number of carboxylic acid groups (broad SMARTS) is 1. The van der Waals surface area contributed by atoms with Crippen LogP contribution in [0.1, 0.15) is 6.42 Å². The molecule has 0 bridgehead atoms. The summed E-state index contributed by atoms with van der Waals surface area (Å²) in [4.78, 5) is 24.2. The molecule has 15 heavy (non-hydrogen) atoms. The number of ketones is 1. The van der Waals surface area contributed by atoms with Crippen LogP contribution in [0.25, 0.3) is 0 Å². The minimum Gasteiger partial charge on any atom is -0.481 e. The van der Waals surface area contributed by atoms with E-state index in [0.717, 1.165) is 0 Å². The molecule has 0 amide bonds. The van der Waals surface area contributed by atoms with Crippen LogP contribution in [0.15, 0.2) is 24.3 Å². The molecule has 2 rings (SSSR count). The third-order valence-electron chi connectivity index (χ3n) is 2.92. The lowest BCUT2D eigenvalue weighted by Crippen LogP contribution is -2.38. The van der Waals surface area contributed by atoms with Crippen LogP contribution in [-0.4, -0.2) is 40.9 Å². The smallest absolute Gasteiger partial charge is 0.307 e. The molecule has 1 aliphatic carbocycles. The van der Waals surface area contributed by atoms with Crippen molar-refractivity contribution in [2.24, 2.45) is 5.92 Å². The van der Waals surface area contributed by atoms with E-state index in [1.807, 2.05) is 17.1 Å². The average molecular weight is 207 g/mol. The maximum absolute atomic E-state index is 11.5. The van der Waals surface area contributed by atoms with E-state index in [4.69, 9.17) is 5.11 Å². The third kappa shape index (κ3) is 1.99. The molecule has 1 fully saturated rings. The van der Waals surface area contributed by atoms with Gasteiger partial charge in [-0.3, -0.25) is 14.5 Å². The Balaban J connectivity index is 2.02. The van der Waals surface area contributed by atoms with Gasteiger partial charge in [-0.15, -0.1) is 0 Å². The molecule has 2 aliphatic rings. The Morgan fingerprint density at radius 1 is 1.47 bits per heavy atom. The van der Waals surface area contributed by atoms with Crippen molar-refractivity contribution in [3.63, 3.8) is 0 Å². The van der Waals surface area contributed by atoms with E-state index in [1.54, 1.807) is 12.2 Å². The highest BCUT2D eigenvalue weighted by Gasteiger charge is 2.33. The van der Waals surface area contributed by atoms with E-state index in [-0.39, 0.29) is 17.7 Å². The van der Waals surface area contributed by atoms with Crippen LogP contribution in [0.5, 0.6) is 0 Å². The van der Waals surface area contributed by atoms with Crippen LogP contribution in [0.2, 0.25) is 0 Å². The zero-order chi connectivity index (χ0) is 10.8. The maximum atomic E-state index is 11.5. The minimum absolute atomic E-state index is 0.0449. The third-order valence-corrected chi connectivity index (χ3v) is 2.92. The number of rotatable bonds is 2. The molecule has 1 aliphatic heterocycles. The largest absolute Gasteiger partial charge is 0.481 e. The maximum Gasteiger partial charge on any atom is 0.307 e. The van der Waals surface area contributed by atoms with Crippen molar-refractivity contribution in [2.45, 2.75) is 12.5 Å². The molecule has 0 aromatic carbocycles. The number of allylic oxidation sites excluding steroid dienone is 2. The topological polar surface area (TPSA) is 57.6 Å². The number of hydrogen-bond donors (Lipinski definition) is 1. The second-order valence-corrected chi connectivity index (χ2v) is 3.91. The molecule has 0 aromatic heterocycles. The van der Waals surface area contributed by atoms with Crippen molar-refractivity contribution in [3.05, 3.63) is 24.3 Å². The first-order valence-electron chi connectivity index (χ1n) is 5.04. The lowest BCUT2D eigenvalue weighted by atomic mass is 10.1. The van der Waals surface area contributed by atoms with E-state index in [2.05, 4.69) is 0 Å². The summed E-state index contributed by atoms with van der Waals surface area (Å²) in [5.74, 6) is -1.04. The van der Waals surface area contributed by atoms with Gasteiger partial charge in [0.1, 0.15) is 0 Å². The zero-order valence-electron chi connectivity index (χ0n) is 8.30. The van der Waals surface area contributed by atoms with Gasteiger partial charge in [-0.1, -0.05) is 18.2 Å². The molecule has 0 saturated carbocycles. The predicted molar refractivity (Wildman–Crippen MR) is 54.4 cm³/mol. The number of carbonyl (C=O) groups excluding carboxylic acids is 1. The summed E-state index contributed by atoms with van der Waals surface area (Å²) < 4.78 is 0. The molecule has 4 heteroatoms. The Kier molecular flexibility index (Phi) is 2.68. The van der Waals surface area contributed by atoms with Gasteiger partial charge in [0.2, 0.25) is 0 Å². The van der Waals surface area contributed by atoms with E-state index in [9.17, 15) is 9.59 Å². The fourth-order valence-electron chi connectivity index (χ4n) is 2.06. The van der Waals surface area contributed by atoms with Crippen LogP contribution in [-0.2, 0) is 9.59 Å². The summed E-state index contributed by atoms with van der Waals surface area (Å²) in [5.41, 5.74) is 0. The van der Waals surface area contributed by atoms with E-state index < -0.39 is 5.97 Å². The summed E-state index contributed by atoms with van der Waals surface area (Å²) in [7, 11) is 0. The Hall–Kier alpha value is -1.42. The Morgan fingerprint density at radius 3 is 2.87 bits per heavy atom. The SMILES string of the molecule is O=C(O)C1CCN(C2C=CC=CC2=O)C1. The summed E-state index contributed by atoms with van der Waals surface area (Å²) >= 11 is 0. The van der Waals surface area contributed by atoms with Crippen molar-refractivity contribution in [1.29, 1.82) is 0 Å². The highest BCUT2D eigenvalue weighted by molar-refractivity contribution is 5.97. The molecule has 1 N–H and O–H groups in total. The van der Waals surface area contributed by atoms with Crippen molar-refractivity contribution >= 4 is 11.8 Å². The van der Waals surface area contributed by atoms with Gasteiger partial charge in [0.05, 0.1) is 12.0 Å². The molecule has 0 aromatic rings. The van der Waals surface area contributed by atoms with Crippen molar-refractivity contribution in [1.82, 2.24) is 4.90 Å². The van der Waals surface area contributed by atoms with E-state index >= 15 is 0 Å². The van der Waals surface area contributed by atoms with E-state index in [1.165, 1.54) is 0 Å². The number of carboxylic acids is 1. The van der Waals surface area contributed by atoms with Gasteiger partial charge in [0.15, 0.2) is 5.78 Å². The fraction of sp³-hybridized carbons (Fsp3) is 0.455. The first-order valence-corrected chi connectivity index (χ1v) is 5.04. The Labute approximate surface area is 87.9 Å². The monoisotopic (exact) mass is 207 g/mol. The molecule has 1 heterocycles. The number of carbonyl (C=O) groups is 2. The summed E-state index contributed by atoms with van der Waals surface area (Å²) in [6, 6.07) is -0.251. The molecular formula is C11H13NO3.